The Kier molecular flexibility index (Phi) is 5.94. The largest absolute Gasteiger partial charge is 0.768 e. The van der Waals surface area contributed by atoms with Gasteiger partial charge in [-0.25, -0.2) is 19.9 Å². The Morgan fingerprint density at radius 1 is 1.19 bits per heavy atom. The lowest BCUT2D eigenvalue weighted by Crippen LogP contribution is -2.24. The van der Waals surface area contributed by atoms with E-state index in [1.54, 1.807) is 23.0 Å². The van der Waals surface area contributed by atoms with E-state index in [1.807, 2.05) is 37.3 Å². The molecule has 0 fully saturated rings. The minimum absolute atomic E-state index is 0.0780. The smallest absolute Gasteiger partial charge is 0.166 e. The van der Waals surface area contributed by atoms with Crippen LogP contribution in [0.2, 0.25) is 5.02 Å². The van der Waals surface area contributed by atoms with E-state index in [1.165, 1.54) is 12.4 Å². The van der Waals surface area contributed by atoms with Crippen LogP contribution >= 0.6 is 11.6 Å². The minimum atomic E-state index is -2.56. The summed E-state index contributed by atoms with van der Waals surface area (Å²) >= 11 is 3.55. The molecule has 0 aliphatic rings. The quantitative estimate of drug-likeness (QED) is 0.266. The Balaban J connectivity index is 1.85. The van der Waals surface area contributed by atoms with Gasteiger partial charge < -0.3 is 20.2 Å². The number of anilines is 2. The second-order valence-electron chi connectivity index (χ2n) is 6.57. The van der Waals surface area contributed by atoms with E-state index in [0.29, 0.717) is 17.0 Å². The van der Waals surface area contributed by atoms with Gasteiger partial charge in [0.25, 0.3) is 0 Å². The molecule has 9 nitrogen and oxygen atoms in total. The molecule has 2 heterocycles. The van der Waals surface area contributed by atoms with Crippen LogP contribution in [0.5, 0.6) is 0 Å². The predicted octanol–water partition coefficient (Wildman–Crippen LogP) is 3.70. The fourth-order valence-electron chi connectivity index (χ4n) is 3.06. The van der Waals surface area contributed by atoms with Gasteiger partial charge in [-0.05, 0) is 42.3 Å². The molecule has 11 heteroatoms. The summed E-state index contributed by atoms with van der Waals surface area (Å²) in [7, 11) is 0. The number of hydrogen-bond acceptors (Lipinski definition) is 7. The lowest BCUT2D eigenvalue weighted by molar-refractivity contribution is 0.537. The number of aliphatic imine (C=N–C) groups is 1. The highest BCUT2D eigenvalue weighted by Gasteiger charge is 2.19. The average molecular weight is 455 g/mol. The number of nitrogens with zero attached hydrogens (tertiary/aromatic N) is 5. The van der Waals surface area contributed by atoms with E-state index in [2.05, 4.69) is 25.3 Å². The van der Waals surface area contributed by atoms with Gasteiger partial charge in [0, 0.05) is 5.69 Å². The normalized spacial score (nSPS) is 13.8. The molecule has 2 aromatic heterocycles. The molecule has 0 aliphatic heterocycles. The van der Waals surface area contributed by atoms with Gasteiger partial charge in [-0.2, -0.15) is 0 Å². The van der Waals surface area contributed by atoms with Crippen molar-refractivity contribution < 1.29 is 8.76 Å². The molecule has 3 N–H and O–H groups in total. The third-order valence-corrected chi connectivity index (χ3v) is 5.79. The number of nitrogen functional groups attached to an aromatic ring is 1. The summed E-state index contributed by atoms with van der Waals surface area (Å²) in [4.78, 5) is 17.1. The standard InChI is InChI=1S/C20H18ClN7O2S/c1-12(28-11-25-16-18(22)23-10-24-20(16)28)19(26-13-6-3-2-4-7-13)27-15-9-5-8-14(21)17(15)31(29)30/h2-12H,1H3,(H,26,27)(H,29,30)(H2,22,23,24)/p-1. The van der Waals surface area contributed by atoms with Gasteiger partial charge in [0.1, 0.15) is 17.7 Å². The third-order valence-electron chi connectivity index (χ3n) is 4.60. The van der Waals surface area contributed by atoms with Crippen LogP contribution < -0.4 is 11.1 Å². The van der Waals surface area contributed by atoms with Crippen LogP contribution in [0.3, 0.4) is 0 Å². The van der Waals surface area contributed by atoms with Crippen LogP contribution in [0, 0.1) is 0 Å². The Bertz CT molecular complexity index is 1290. The van der Waals surface area contributed by atoms with E-state index in [-0.39, 0.29) is 21.4 Å². The average Bonchev–Trinajstić information content (AvgIpc) is 3.19. The zero-order chi connectivity index (χ0) is 22.0. The van der Waals surface area contributed by atoms with Gasteiger partial charge >= 0.3 is 0 Å². The summed E-state index contributed by atoms with van der Waals surface area (Å²) < 4.78 is 25.3. The van der Waals surface area contributed by atoms with Crippen molar-refractivity contribution in [2.45, 2.75) is 17.9 Å². The van der Waals surface area contributed by atoms with Crippen LogP contribution in [0.15, 0.2) is 71.1 Å². The fraction of sp³-hybridized carbons (Fsp3) is 0.100. The molecule has 4 rings (SSSR count). The maximum Gasteiger partial charge on any atom is 0.166 e. The van der Waals surface area contributed by atoms with Crippen LogP contribution in [0.1, 0.15) is 13.0 Å². The van der Waals surface area contributed by atoms with E-state index in [0.717, 1.165) is 5.69 Å². The second kappa shape index (κ2) is 8.80. The predicted molar refractivity (Wildman–Crippen MR) is 120 cm³/mol. The van der Waals surface area contributed by atoms with Gasteiger partial charge in [0.2, 0.25) is 0 Å². The fourth-order valence-corrected chi connectivity index (χ4v) is 3.93. The molecule has 4 aromatic rings. The summed E-state index contributed by atoms with van der Waals surface area (Å²) in [6, 6.07) is 13.7. The number of fused-ring (bicyclic) bond motifs is 1. The summed E-state index contributed by atoms with van der Waals surface area (Å²) in [5.74, 6) is 0.723. The van der Waals surface area contributed by atoms with Crippen molar-refractivity contribution in [2.24, 2.45) is 4.99 Å². The van der Waals surface area contributed by atoms with E-state index in [9.17, 15) is 8.76 Å². The van der Waals surface area contributed by atoms with Gasteiger partial charge in [-0.1, -0.05) is 35.9 Å². The number of rotatable bonds is 5. The molecule has 31 heavy (non-hydrogen) atoms. The molecule has 0 aliphatic carbocycles. The summed E-state index contributed by atoms with van der Waals surface area (Å²) in [6.45, 7) is 1.88. The molecule has 0 amide bonds. The van der Waals surface area contributed by atoms with Crippen LogP contribution in [0.4, 0.5) is 17.2 Å². The molecule has 2 atom stereocenters. The molecule has 2 unspecified atom stereocenters. The van der Waals surface area contributed by atoms with E-state index < -0.39 is 17.1 Å². The van der Waals surface area contributed by atoms with Crippen molar-refractivity contribution in [1.29, 1.82) is 0 Å². The topological polar surface area (TPSA) is 134 Å². The molecule has 0 spiro atoms. The van der Waals surface area contributed by atoms with Crippen molar-refractivity contribution in [3.8, 4) is 0 Å². The van der Waals surface area contributed by atoms with Gasteiger partial charge in [-0.3, -0.25) is 4.21 Å². The zero-order valence-corrected chi connectivity index (χ0v) is 17.8. The monoisotopic (exact) mass is 454 g/mol. The number of aromatic nitrogens is 4. The Hall–Kier alpha value is -3.34. The highest BCUT2D eigenvalue weighted by molar-refractivity contribution is 7.79. The molecule has 0 radical (unpaired) electrons. The number of imidazole rings is 1. The molecular weight excluding hydrogens is 438 g/mol. The van der Waals surface area contributed by atoms with Crippen LogP contribution in [-0.2, 0) is 11.1 Å². The first-order valence-electron chi connectivity index (χ1n) is 9.17. The Labute approximate surface area is 185 Å². The summed E-state index contributed by atoms with van der Waals surface area (Å²) in [5.41, 5.74) is 7.89. The van der Waals surface area contributed by atoms with Crippen molar-refractivity contribution >= 4 is 56.9 Å². The lowest BCUT2D eigenvalue weighted by Gasteiger charge is -2.20. The molecule has 0 saturated carbocycles. The Morgan fingerprint density at radius 2 is 1.97 bits per heavy atom. The van der Waals surface area contributed by atoms with E-state index >= 15 is 0 Å². The number of halogens is 1. The highest BCUT2D eigenvalue weighted by atomic mass is 35.5. The van der Waals surface area contributed by atoms with Crippen molar-refractivity contribution in [3.05, 3.63) is 66.2 Å². The molecule has 0 bridgehead atoms. The SMILES string of the molecule is CC(C(=Nc1cccc(Cl)c1S(=O)[O-])Nc1ccccc1)n1cnc2c(N)ncnc21. The van der Waals surface area contributed by atoms with E-state index in [4.69, 9.17) is 17.3 Å². The number of para-hydroxylation sites is 1. The second-order valence-corrected chi connectivity index (χ2v) is 7.85. The number of nitrogens with two attached hydrogens (primary N) is 1. The first kappa shape index (κ1) is 20.9. The first-order valence-corrected chi connectivity index (χ1v) is 10.6. The van der Waals surface area contributed by atoms with Gasteiger partial charge in [-0.15, -0.1) is 0 Å². The molecule has 158 valence electrons. The Morgan fingerprint density at radius 3 is 2.71 bits per heavy atom. The number of nitrogens with one attached hydrogen (secondary N) is 1. The summed E-state index contributed by atoms with van der Waals surface area (Å²) in [5, 5.41) is 3.36. The van der Waals surface area contributed by atoms with Crippen molar-refractivity contribution in [1.82, 2.24) is 19.5 Å². The maximum atomic E-state index is 11.8. The highest BCUT2D eigenvalue weighted by Crippen LogP contribution is 2.31. The number of benzene rings is 2. The number of amidine groups is 1. The molecular formula is C20H17ClN7O2S-. The van der Waals surface area contributed by atoms with Crippen LogP contribution in [0.25, 0.3) is 11.2 Å². The zero-order valence-electron chi connectivity index (χ0n) is 16.3. The molecule has 0 saturated heterocycles. The summed E-state index contributed by atoms with van der Waals surface area (Å²) in [6.07, 6.45) is 2.95. The first-order chi connectivity index (χ1) is 15.0. The molecule has 2 aromatic carbocycles. The maximum absolute atomic E-state index is 11.8. The van der Waals surface area contributed by atoms with Crippen molar-refractivity contribution in [2.75, 3.05) is 11.1 Å². The van der Waals surface area contributed by atoms with Gasteiger partial charge in [0.15, 0.2) is 11.5 Å². The lowest BCUT2D eigenvalue weighted by atomic mass is 10.2. The third kappa shape index (κ3) is 4.26. The minimum Gasteiger partial charge on any atom is -0.768 e. The number of hydrogen-bond donors (Lipinski definition) is 2. The van der Waals surface area contributed by atoms with Crippen molar-refractivity contribution in [3.63, 3.8) is 0 Å². The van der Waals surface area contributed by atoms with Crippen LogP contribution in [-0.4, -0.2) is 34.1 Å². The van der Waals surface area contributed by atoms with Gasteiger partial charge in [0.05, 0.1) is 28.0 Å².